The van der Waals surface area contributed by atoms with Crippen LogP contribution in [0.2, 0.25) is 0 Å². The summed E-state index contributed by atoms with van der Waals surface area (Å²) in [5.74, 6) is -3.14. The summed E-state index contributed by atoms with van der Waals surface area (Å²) in [5.41, 5.74) is -0.990. The Labute approximate surface area is 185 Å². The molecule has 0 unspecified atom stereocenters. The van der Waals surface area contributed by atoms with Gasteiger partial charge in [0.05, 0.1) is 0 Å². The van der Waals surface area contributed by atoms with Crippen molar-refractivity contribution in [1.29, 1.82) is 0 Å². The van der Waals surface area contributed by atoms with Crippen molar-refractivity contribution in [2.75, 3.05) is 0 Å². The van der Waals surface area contributed by atoms with Crippen molar-refractivity contribution in [3.63, 3.8) is 0 Å². The van der Waals surface area contributed by atoms with E-state index in [1.807, 2.05) is 0 Å². The number of aromatic amines is 1. The molecule has 0 aliphatic heterocycles. The summed E-state index contributed by atoms with van der Waals surface area (Å²) in [5, 5.41) is 0. The van der Waals surface area contributed by atoms with Crippen LogP contribution in [-0.2, 0) is 0 Å². The number of rotatable bonds is 6. The SMILES string of the molecule is CC(C)(C)[C@@H](CC(=O)c1cc(=O)[nH]c(-c2ncccn2)n1)c1ccc(OC(F)(F)F)c(F)c1. The maximum Gasteiger partial charge on any atom is 0.573 e. The predicted molar refractivity (Wildman–Crippen MR) is 110 cm³/mol. The van der Waals surface area contributed by atoms with Crippen molar-refractivity contribution in [2.24, 2.45) is 5.41 Å². The van der Waals surface area contributed by atoms with Gasteiger partial charge in [-0.15, -0.1) is 13.2 Å². The fourth-order valence-electron chi connectivity index (χ4n) is 3.28. The van der Waals surface area contributed by atoms with Crippen LogP contribution in [0.3, 0.4) is 0 Å². The molecule has 1 aromatic carbocycles. The van der Waals surface area contributed by atoms with E-state index >= 15 is 0 Å². The molecule has 1 atom stereocenters. The van der Waals surface area contributed by atoms with Crippen molar-refractivity contribution >= 4 is 5.78 Å². The number of aromatic nitrogens is 4. The monoisotopic (exact) mass is 464 g/mol. The van der Waals surface area contributed by atoms with Crippen molar-refractivity contribution in [3.8, 4) is 17.4 Å². The second-order valence-electron chi connectivity index (χ2n) is 8.34. The molecule has 0 bridgehead atoms. The molecule has 0 radical (unpaired) electrons. The van der Waals surface area contributed by atoms with Crippen molar-refractivity contribution in [3.05, 3.63) is 70.2 Å². The molecule has 0 aliphatic rings. The zero-order valence-corrected chi connectivity index (χ0v) is 17.9. The Morgan fingerprint density at radius 3 is 2.36 bits per heavy atom. The Morgan fingerprint density at radius 1 is 1.12 bits per heavy atom. The van der Waals surface area contributed by atoms with E-state index in [-0.39, 0.29) is 23.8 Å². The molecule has 11 heteroatoms. The first kappa shape index (κ1) is 24.0. The van der Waals surface area contributed by atoms with Gasteiger partial charge in [0.15, 0.2) is 29.0 Å². The van der Waals surface area contributed by atoms with Gasteiger partial charge in [-0.1, -0.05) is 26.8 Å². The Bertz CT molecular complexity index is 1200. The quantitative estimate of drug-likeness (QED) is 0.421. The van der Waals surface area contributed by atoms with E-state index < -0.39 is 40.6 Å². The molecule has 3 aromatic rings. The number of benzene rings is 1. The van der Waals surface area contributed by atoms with Crippen LogP contribution in [0.5, 0.6) is 5.75 Å². The molecule has 2 heterocycles. The fraction of sp³-hybridized carbons (Fsp3) is 0.318. The van der Waals surface area contributed by atoms with E-state index in [0.717, 1.165) is 18.2 Å². The Kier molecular flexibility index (Phi) is 6.61. The van der Waals surface area contributed by atoms with Gasteiger partial charge in [-0.05, 0) is 35.1 Å². The van der Waals surface area contributed by atoms with E-state index in [4.69, 9.17) is 0 Å². The van der Waals surface area contributed by atoms with Crippen LogP contribution >= 0.6 is 0 Å². The number of hydrogen-bond donors (Lipinski definition) is 1. The number of carbonyl (C=O) groups excluding carboxylic acids is 1. The Morgan fingerprint density at radius 2 is 1.79 bits per heavy atom. The van der Waals surface area contributed by atoms with Gasteiger partial charge < -0.3 is 9.72 Å². The van der Waals surface area contributed by atoms with E-state index in [1.165, 1.54) is 18.5 Å². The van der Waals surface area contributed by atoms with E-state index in [0.29, 0.717) is 5.56 Å². The maximum atomic E-state index is 14.3. The first-order chi connectivity index (χ1) is 15.3. The molecule has 0 spiro atoms. The highest BCUT2D eigenvalue weighted by Crippen LogP contribution is 2.40. The topological polar surface area (TPSA) is 97.8 Å². The van der Waals surface area contributed by atoms with E-state index in [1.54, 1.807) is 26.8 Å². The summed E-state index contributed by atoms with van der Waals surface area (Å²) in [7, 11) is 0. The fourth-order valence-corrected chi connectivity index (χ4v) is 3.28. The average molecular weight is 464 g/mol. The third-order valence-electron chi connectivity index (χ3n) is 4.82. The molecule has 0 saturated heterocycles. The van der Waals surface area contributed by atoms with Gasteiger partial charge in [0.2, 0.25) is 0 Å². The van der Waals surface area contributed by atoms with Gasteiger partial charge in [-0.25, -0.2) is 19.3 Å². The summed E-state index contributed by atoms with van der Waals surface area (Å²) in [6.45, 7) is 5.41. The summed E-state index contributed by atoms with van der Waals surface area (Å²) in [6.07, 6.45) is -2.30. The van der Waals surface area contributed by atoms with Crippen LogP contribution in [0.15, 0.2) is 47.5 Å². The molecule has 0 fully saturated rings. The van der Waals surface area contributed by atoms with Crippen molar-refractivity contribution in [1.82, 2.24) is 19.9 Å². The number of ether oxygens (including phenoxy) is 1. The number of halogens is 4. The van der Waals surface area contributed by atoms with Crippen LogP contribution in [0.25, 0.3) is 11.6 Å². The number of alkyl halides is 3. The van der Waals surface area contributed by atoms with Crippen molar-refractivity contribution < 1.29 is 27.1 Å². The summed E-state index contributed by atoms with van der Waals surface area (Å²) >= 11 is 0. The van der Waals surface area contributed by atoms with Gasteiger partial charge in [0, 0.05) is 24.9 Å². The van der Waals surface area contributed by atoms with Crippen LogP contribution in [-0.4, -0.2) is 32.1 Å². The van der Waals surface area contributed by atoms with E-state index in [9.17, 15) is 27.2 Å². The van der Waals surface area contributed by atoms with Gasteiger partial charge in [0.25, 0.3) is 5.56 Å². The third-order valence-corrected chi connectivity index (χ3v) is 4.82. The number of carbonyl (C=O) groups is 1. The number of H-pyrrole nitrogens is 1. The summed E-state index contributed by atoms with van der Waals surface area (Å²) in [4.78, 5) is 39.7. The van der Waals surface area contributed by atoms with Crippen molar-refractivity contribution in [2.45, 2.75) is 39.5 Å². The highest BCUT2D eigenvalue weighted by atomic mass is 19.4. The maximum absolute atomic E-state index is 14.3. The predicted octanol–water partition coefficient (Wildman–Crippen LogP) is 4.67. The smallest absolute Gasteiger partial charge is 0.403 e. The molecular formula is C22H20F4N4O3. The standard InChI is InChI=1S/C22H20F4N4O3/c1-21(2,3)13(12-5-6-17(14(23)9-12)33-22(24,25)26)10-16(31)15-11-18(32)30-20(29-15)19-27-7-4-8-28-19/h4-9,11,13H,10H2,1-3H3,(H,29,30,32)/t13-/m0/s1. The Hall–Kier alpha value is -3.63. The molecule has 0 amide bonds. The minimum absolute atomic E-state index is 0.0125. The zero-order valence-electron chi connectivity index (χ0n) is 17.9. The Balaban J connectivity index is 1.92. The number of ketones is 1. The molecule has 2 aromatic heterocycles. The van der Waals surface area contributed by atoms with Crippen LogP contribution in [0, 0.1) is 11.2 Å². The minimum Gasteiger partial charge on any atom is -0.403 e. The normalized spacial score (nSPS) is 12.9. The largest absolute Gasteiger partial charge is 0.573 e. The second kappa shape index (κ2) is 9.08. The molecule has 33 heavy (non-hydrogen) atoms. The van der Waals surface area contributed by atoms with Crippen LogP contribution in [0.1, 0.15) is 49.2 Å². The average Bonchev–Trinajstić information content (AvgIpc) is 2.72. The molecule has 0 aliphatic carbocycles. The highest BCUT2D eigenvalue weighted by molar-refractivity contribution is 5.95. The van der Waals surface area contributed by atoms with Crippen LogP contribution in [0.4, 0.5) is 17.6 Å². The van der Waals surface area contributed by atoms with E-state index in [2.05, 4.69) is 24.7 Å². The first-order valence-corrected chi connectivity index (χ1v) is 9.80. The van der Waals surface area contributed by atoms with Gasteiger partial charge in [-0.3, -0.25) is 9.59 Å². The third kappa shape index (κ3) is 6.21. The van der Waals surface area contributed by atoms with Crippen LogP contribution < -0.4 is 10.3 Å². The molecule has 7 nitrogen and oxygen atoms in total. The number of nitrogens with one attached hydrogen (secondary N) is 1. The summed E-state index contributed by atoms with van der Waals surface area (Å²) in [6, 6.07) is 5.68. The lowest BCUT2D eigenvalue weighted by Gasteiger charge is -2.31. The first-order valence-electron chi connectivity index (χ1n) is 9.80. The van der Waals surface area contributed by atoms with Gasteiger partial charge in [0.1, 0.15) is 5.69 Å². The molecule has 0 saturated carbocycles. The highest BCUT2D eigenvalue weighted by Gasteiger charge is 2.34. The molecule has 3 rings (SSSR count). The number of Topliss-reactive ketones (excluding diaryl/α,β-unsaturated/α-hetero) is 1. The lowest BCUT2D eigenvalue weighted by molar-refractivity contribution is -0.275. The zero-order chi connectivity index (χ0) is 24.4. The van der Waals surface area contributed by atoms with Gasteiger partial charge >= 0.3 is 6.36 Å². The lowest BCUT2D eigenvalue weighted by Crippen LogP contribution is -2.24. The van der Waals surface area contributed by atoms with Gasteiger partial charge in [-0.2, -0.15) is 0 Å². The molecular weight excluding hydrogens is 444 g/mol. The minimum atomic E-state index is -5.03. The molecule has 174 valence electrons. The second-order valence-corrected chi connectivity index (χ2v) is 8.34. The number of hydrogen-bond acceptors (Lipinski definition) is 6. The molecule has 1 N–H and O–H groups in total. The lowest BCUT2D eigenvalue weighted by atomic mass is 9.73. The summed E-state index contributed by atoms with van der Waals surface area (Å²) < 4.78 is 55.3. The number of nitrogens with zero attached hydrogens (tertiary/aromatic N) is 3.